The summed E-state index contributed by atoms with van der Waals surface area (Å²) >= 11 is 0. The zero-order valence-electron chi connectivity index (χ0n) is 6.69. The van der Waals surface area contributed by atoms with Crippen LogP contribution >= 0.6 is 0 Å². The summed E-state index contributed by atoms with van der Waals surface area (Å²) in [6, 6.07) is 0. The fraction of sp³-hybridized carbons (Fsp3) is 0.600. The second-order valence-electron chi connectivity index (χ2n) is 1.85. The summed E-state index contributed by atoms with van der Waals surface area (Å²) in [4.78, 5) is 3.62. The van der Waals surface area contributed by atoms with Gasteiger partial charge in [-0.1, -0.05) is 0 Å². The summed E-state index contributed by atoms with van der Waals surface area (Å²) in [7, 11) is 11.1. The van der Waals surface area contributed by atoms with Crippen molar-refractivity contribution in [2.24, 2.45) is 0 Å². The molecule has 11 heavy (non-hydrogen) atoms. The normalized spacial score (nSPS) is 7.09. The number of nitrogens with zero attached hydrogens (tertiary/aromatic N) is 2. The van der Waals surface area contributed by atoms with Gasteiger partial charge in [0.05, 0.1) is 0 Å². The fourth-order valence-corrected chi connectivity index (χ4v) is 0.412. The van der Waals surface area contributed by atoms with Crippen LogP contribution in [0.5, 0.6) is 0 Å². The molecule has 0 aliphatic rings. The van der Waals surface area contributed by atoms with Gasteiger partial charge in [0.25, 0.3) is 0 Å². The van der Waals surface area contributed by atoms with Crippen LogP contribution in [0.3, 0.4) is 0 Å². The molecule has 6 heteroatoms. The molecule has 0 radical (unpaired) electrons. The molecule has 0 bridgehead atoms. The number of hydrogen-bond acceptors (Lipinski definition) is 2. The number of hydrogen-bond donors (Lipinski definition) is 0. The van der Waals surface area contributed by atoms with Crippen LogP contribution in [0.4, 0.5) is 0 Å². The van der Waals surface area contributed by atoms with Gasteiger partial charge in [-0.05, 0) is 20.8 Å². The van der Waals surface area contributed by atoms with Gasteiger partial charge in [-0.2, -0.15) is 0 Å². The first-order valence-corrected chi connectivity index (χ1v) is 2.16. The Morgan fingerprint density at radius 2 is 1.18 bits per heavy atom. The van der Waals surface area contributed by atoms with E-state index in [1.807, 2.05) is 23.9 Å². The van der Waals surface area contributed by atoms with Crippen LogP contribution < -0.4 is 0 Å². The van der Waals surface area contributed by atoms with E-state index in [4.69, 9.17) is 0 Å². The molecule has 0 rings (SSSR count). The summed E-state index contributed by atoms with van der Waals surface area (Å²) in [5.74, 6) is 0. The maximum absolute atomic E-state index is 3.63. The van der Waals surface area contributed by atoms with Crippen molar-refractivity contribution in [3.8, 4) is 0 Å². The van der Waals surface area contributed by atoms with E-state index >= 15 is 0 Å². The van der Waals surface area contributed by atoms with Crippen LogP contribution in [0.15, 0.2) is 0 Å². The molecule has 0 aliphatic heterocycles. The summed E-state index contributed by atoms with van der Waals surface area (Å²) in [6.07, 6.45) is 0. The van der Waals surface area contributed by atoms with Crippen LogP contribution in [-0.2, 0) is 42.1 Å². The average molecular weight is 733 g/mol. The molecule has 3 nitrogen and oxygen atoms in total. The summed E-state index contributed by atoms with van der Waals surface area (Å²) in [5, 5.41) is 0. The van der Waals surface area contributed by atoms with E-state index < -0.39 is 0 Å². The third kappa shape index (κ3) is 38.6. The van der Waals surface area contributed by atoms with E-state index in [0.717, 1.165) is 6.67 Å². The molecule has 0 saturated carbocycles. The van der Waals surface area contributed by atoms with E-state index in [-0.39, 0.29) is 47.6 Å². The molecule has 0 amide bonds. The zero-order valence-corrected chi connectivity index (χ0v) is 15.5. The Morgan fingerprint density at radius 3 is 1.18 bits per heavy atom. The van der Waals surface area contributed by atoms with Crippen LogP contribution in [-0.4, -0.2) is 36.0 Å². The Balaban J connectivity index is -0.0000000300. The molecule has 0 aromatic carbocycles. The maximum Gasteiger partial charge on any atom is 0 e. The molecule has 2 N–H and O–H groups in total. The van der Waals surface area contributed by atoms with Crippen molar-refractivity contribution in [3.63, 3.8) is 0 Å². The van der Waals surface area contributed by atoms with Crippen LogP contribution in [0.1, 0.15) is 0 Å². The van der Waals surface area contributed by atoms with Crippen molar-refractivity contribution in [2.75, 3.05) is 20.8 Å². The molecule has 0 spiro atoms. The van der Waals surface area contributed by atoms with Gasteiger partial charge < -0.3 is 15.3 Å². The molecule has 0 aromatic heterocycles. The Kier molecular flexibility index (Phi) is 45.9. The Morgan fingerprint density at radius 1 is 1.00 bits per heavy atom. The van der Waals surface area contributed by atoms with Crippen molar-refractivity contribution in [1.82, 2.24) is 9.80 Å². The van der Waals surface area contributed by atoms with Crippen LogP contribution in [0.25, 0.3) is 0 Å². The SMILES string of the molecule is O.[CH2-]N(C)CN([CH2-])C.[Cm].[W].[W]. The molecule has 0 unspecified atom stereocenters. The molecule has 0 heterocycles. The van der Waals surface area contributed by atoms with E-state index in [2.05, 4.69) is 14.1 Å². The molecule has 0 aromatic rings. The van der Waals surface area contributed by atoms with Crippen molar-refractivity contribution in [1.29, 1.82) is 0 Å². The summed E-state index contributed by atoms with van der Waals surface area (Å²) in [6.45, 7) is 0.806. The minimum absolute atomic E-state index is 0. The van der Waals surface area contributed by atoms with E-state index in [1.54, 1.807) is 0 Å². The standard InChI is InChI=1S/C5H12N2.Cm.H2O.2W/c1-6(2)5-7(3)4;;;;/h1,3,5H2,2,4H3;;1H2;;/q-2;;;;. The second kappa shape index (κ2) is 16.7. The fourth-order valence-electron chi connectivity index (χ4n) is 0.412. The topological polar surface area (TPSA) is 38.0 Å². The molecular weight excluding hydrogens is 719 g/mol. The molecule has 0 saturated heterocycles. The first-order chi connectivity index (χ1) is 3.13. The summed E-state index contributed by atoms with van der Waals surface area (Å²) in [5.41, 5.74) is 0. The Hall–Kier alpha value is 0.257. The van der Waals surface area contributed by atoms with Gasteiger partial charge in [0.15, 0.2) is 0 Å². The van der Waals surface area contributed by atoms with Gasteiger partial charge in [0.2, 0.25) is 0 Å². The predicted octanol–water partition coefficient (Wildman–Crippen LogP) is -0.439. The van der Waals surface area contributed by atoms with Gasteiger partial charge in [-0.3, -0.25) is 14.1 Å². The van der Waals surface area contributed by atoms with Gasteiger partial charge >= 0.3 is 0 Å². The molecule has 0 fully saturated rings. The monoisotopic (exact) mass is 729 g/mol. The maximum atomic E-state index is 3.63. The average Bonchev–Trinajstić information content (AvgIpc) is 1.27. The van der Waals surface area contributed by atoms with Crippen molar-refractivity contribution >= 4 is 0 Å². The Bertz CT molecular complexity index is 51.7. The first kappa shape index (κ1) is 30.3. The molecular formula is C5H14CmN2OW2-2. The molecule has 0 aliphatic carbocycles. The van der Waals surface area contributed by atoms with Crippen LogP contribution in [0, 0.1) is 14.1 Å². The van der Waals surface area contributed by atoms with Gasteiger partial charge in [-0.25, -0.2) is 0 Å². The second-order valence-corrected chi connectivity index (χ2v) is 1.85. The van der Waals surface area contributed by atoms with Gasteiger partial charge in [0.1, 0.15) is 0 Å². The smallest absolute Gasteiger partial charge is 0 e. The largest absolute Gasteiger partial charge is 0.452 e. The van der Waals surface area contributed by atoms with Crippen molar-refractivity contribution in [2.45, 2.75) is 0 Å². The number of rotatable bonds is 2. The zero-order chi connectivity index (χ0) is 5.86. The molecule has 0 atom stereocenters. The first-order valence-electron chi connectivity index (χ1n) is 2.16. The van der Waals surface area contributed by atoms with E-state index in [9.17, 15) is 0 Å². The van der Waals surface area contributed by atoms with E-state index in [1.165, 1.54) is 0 Å². The van der Waals surface area contributed by atoms with Crippen molar-refractivity contribution < 1.29 is 47.6 Å². The van der Waals surface area contributed by atoms with Gasteiger partial charge in [0, 0.05) is 42.1 Å². The van der Waals surface area contributed by atoms with Crippen molar-refractivity contribution in [3.05, 3.63) is 14.1 Å². The third-order valence-corrected chi connectivity index (χ3v) is 0.483. The minimum atomic E-state index is 0. The predicted molar refractivity (Wildman–Crippen MR) is 34.7 cm³/mol. The van der Waals surface area contributed by atoms with Crippen LogP contribution in [0.2, 0.25) is 0 Å². The van der Waals surface area contributed by atoms with E-state index in [0.29, 0.717) is 0 Å². The quantitative estimate of drug-likeness (QED) is 0.286. The molecule has 72 valence electrons. The van der Waals surface area contributed by atoms with Gasteiger partial charge in [-0.15, -0.1) is 0 Å². The Labute approximate surface area is 92.0 Å². The summed E-state index contributed by atoms with van der Waals surface area (Å²) < 4.78 is 0. The third-order valence-electron chi connectivity index (χ3n) is 0.483. The minimum Gasteiger partial charge on any atom is -0.452 e.